The Morgan fingerprint density at radius 1 is 0.955 bits per heavy atom. The van der Waals surface area contributed by atoms with Crippen LogP contribution in [-0.2, 0) is 11.2 Å². The van der Waals surface area contributed by atoms with Crippen molar-refractivity contribution in [2.75, 3.05) is 19.8 Å². The number of para-hydroxylation sites is 1. The van der Waals surface area contributed by atoms with Crippen molar-refractivity contribution in [3.05, 3.63) is 65.7 Å². The van der Waals surface area contributed by atoms with Crippen LogP contribution in [0.4, 0.5) is 0 Å². The van der Waals surface area contributed by atoms with E-state index in [4.69, 9.17) is 9.47 Å². The van der Waals surface area contributed by atoms with Gasteiger partial charge >= 0.3 is 0 Å². The molecule has 1 saturated heterocycles. The fourth-order valence-electron chi connectivity index (χ4n) is 2.71. The summed E-state index contributed by atoms with van der Waals surface area (Å²) in [4.78, 5) is 0. The normalized spacial score (nSPS) is 17.1. The first kappa shape index (κ1) is 15.1. The molecule has 2 aromatic carbocycles. The number of hydrogen-bond donors (Lipinski definition) is 1. The van der Waals surface area contributed by atoms with Crippen LogP contribution >= 0.6 is 0 Å². The molecule has 0 aliphatic carbocycles. The third kappa shape index (κ3) is 3.87. The highest BCUT2D eigenvalue weighted by Gasteiger charge is 2.30. The molecule has 0 radical (unpaired) electrons. The number of aliphatic hydroxyl groups is 1. The Hall–Kier alpha value is -1.84. The molecule has 1 fully saturated rings. The zero-order chi connectivity index (χ0) is 15.3. The molecule has 3 rings (SSSR count). The summed E-state index contributed by atoms with van der Waals surface area (Å²) in [5, 5.41) is 10.5. The van der Waals surface area contributed by atoms with Crippen molar-refractivity contribution in [1.82, 2.24) is 0 Å². The van der Waals surface area contributed by atoms with Gasteiger partial charge in [-0.15, -0.1) is 0 Å². The van der Waals surface area contributed by atoms with Crippen molar-refractivity contribution >= 4 is 0 Å². The van der Waals surface area contributed by atoms with Crippen LogP contribution in [0.25, 0.3) is 0 Å². The van der Waals surface area contributed by atoms with Crippen LogP contribution in [0, 0.1) is 0 Å². The van der Waals surface area contributed by atoms with E-state index in [9.17, 15) is 5.11 Å². The highest BCUT2D eigenvalue weighted by molar-refractivity contribution is 5.37. The largest absolute Gasteiger partial charge is 0.490 e. The van der Waals surface area contributed by atoms with Gasteiger partial charge in [-0.1, -0.05) is 48.5 Å². The molecule has 22 heavy (non-hydrogen) atoms. The summed E-state index contributed by atoms with van der Waals surface area (Å²) in [5.74, 6) is 0.853. The molecular formula is C19H22O3. The van der Waals surface area contributed by atoms with Gasteiger partial charge in [0.15, 0.2) is 0 Å². The van der Waals surface area contributed by atoms with Crippen LogP contribution in [-0.4, -0.2) is 30.5 Å². The lowest BCUT2D eigenvalue weighted by molar-refractivity contribution is -0.0856. The van der Waals surface area contributed by atoms with Gasteiger partial charge in [0.05, 0.1) is 0 Å². The first-order valence-electron chi connectivity index (χ1n) is 7.80. The monoisotopic (exact) mass is 298 g/mol. The average Bonchev–Trinajstić information content (AvgIpc) is 2.56. The number of ether oxygens (including phenoxy) is 2. The zero-order valence-corrected chi connectivity index (χ0v) is 12.7. The summed E-state index contributed by atoms with van der Waals surface area (Å²) in [7, 11) is 0. The minimum Gasteiger partial charge on any atom is -0.490 e. The maximum Gasteiger partial charge on any atom is 0.122 e. The summed E-state index contributed by atoms with van der Waals surface area (Å²) in [6.45, 7) is 1.53. The molecule has 0 spiro atoms. The predicted octanol–water partition coefficient (Wildman–Crippen LogP) is 3.20. The molecule has 0 amide bonds. The summed E-state index contributed by atoms with van der Waals surface area (Å²) in [6.07, 6.45) is 2.10. The van der Waals surface area contributed by atoms with Crippen LogP contribution in [0.5, 0.6) is 5.75 Å². The Morgan fingerprint density at radius 3 is 2.41 bits per heavy atom. The van der Waals surface area contributed by atoms with Gasteiger partial charge in [-0.2, -0.15) is 0 Å². The molecule has 0 atom stereocenters. The van der Waals surface area contributed by atoms with Gasteiger partial charge in [-0.25, -0.2) is 0 Å². The average molecular weight is 298 g/mol. The molecule has 1 heterocycles. The minimum absolute atomic E-state index is 0.322. The molecule has 0 saturated carbocycles. The van der Waals surface area contributed by atoms with Gasteiger partial charge in [0.25, 0.3) is 0 Å². The molecule has 3 nitrogen and oxygen atoms in total. The van der Waals surface area contributed by atoms with Crippen LogP contribution in [0.1, 0.15) is 24.0 Å². The summed E-state index contributed by atoms with van der Waals surface area (Å²) >= 11 is 0. The van der Waals surface area contributed by atoms with Gasteiger partial charge < -0.3 is 14.6 Å². The Bertz CT molecular complexity index is 589. The van der Waals surface area contributed by atoms with Gasteiger partial charge in [0, 0.05) is 32.5 Å². The summed E-state index contributed by atoms with van der Waals surface area (Å²) < 4.78 is 11.3. The topological polar surface area (TPSA) is 38.7 Å². The lowest BCUT2D eigenvalue weighted by Crippen LogP contribution is -2.41. The van der Waals surface area contributed by atoms with Crippen LogP contribution in [0.2, 0.25) is 0 Å². The van der Waals surface area contributed by atoms with E-state index in [-0.39, 0.29) is 0 Å². The van der Waals surface area contributed by atoms with Gasteiger partial charge in [0.1, 0.15) is 18.0 Å². The second-order valence-electron chi connectivity index (χ2n) is 5.90. The first-order valence-corrected chi connectivity index (χ1v) is 7.80. The van der Waals surface area contributed by atoms with E-state index >= 15 is 0 Å². The molecule has 1 aliphatic rings. The fourth-order valence-corrected chi connectivity index (χ4v) is 2.71. The van der Waals surface area contributed by atoms with E-state index in [0.29, 0.717) is 32.7 Å². The van der Waals surface area contributed by atoms with Gasteiger partial charge in [0.2, 0.25) is 0 Å². The van der Waals surface area contributed by atoms with E-state index < -0.39 is 5.60 Å². The second-order valence-corrected chi connectivity index (χ2v) is 5.90. The highest BCUT2D eigenvalue weighted by Crippen LogP contribution is 2.25. The third-order valence-corrected chi connectivity index (χ3v) is 4.13. The summed E-state index contributed by atoms with van der Waals surface area (Å²) in [6, 6.07) is 18.4. The van der Waals surface area contributed by atoms with Crippen molar-refractivity contribution in [1.29, 1.82) is 0 Å². The Labute approximate surface area is 131 Å². The predicted molar refractivity (Wildman–Crippen MR) is 86.2 cm³/mol. The lowest BCUT2D eigenvalue weighted by Gasteiger charge is -2.32. The van der Waals surface area contributed by atoms with Gasteiger partial charge in [-0.3, -0.25) is 0 Å². The quantitative estimate of drug-likeness (QED) is 0.921. The third-order valence-electron chi connectivity index (χ3n) is 4.13. The van der Waals surface area contributed by atoms with Crippen molar-refractivity contribution in [3.8, 4) is 5.75 Å². The Kier molecular flexibility index (Phi) is 4.76. The van der Waals surface area contributed by atoms with Crippen LogP contribution in [0.15, 0.2) is 54.6 Å². The fraction of sp³-hybridized carbons (Fsp3) is 0.368. The Morgan fingerprint density at radius 2 is 1.64 bits per heavy atom. The molecule has 1 aliphatic heterocycles. The van der Waals surface area contributed by atoms with Crippen molar-refractivity contribution in [2.45, 2.75) is 24.9 Å². The zero-order valence-electron chi connectivity index (χ0n) is 12.7. The van der Waals surface area contributed by atoms with Crippen molar-refractivity contribution in [2.24, 2.45) is 0 Å². The second kappa shape index (κ2) is 6.95. The van der Waals surface area contributed by atoms with E-state index in [1.165, 1.54) is 5.56 Å². The number of benzene rings is 2. The number of hydrogen-bond acceptors (Lipinski definition) is 3. The smallest absolute Gasteiger partial charge is 0.122 e. The maximum absolute atomic E-state index is 10.5. The van der Waals surface area contributed by atoms with Crippen molar-refractivity contribution in [3.63, 3.8) is 0 Å². The number of rotatable bonds is 5. The molecular weight excluding hydrogens is 276 g/mol. The van der Waals surface area contributed by atoms with E-state index in [2.05, 4.69) is 18.2 Å². The highest BCUT2D eigenvalue weighted by atomic mass is 16.5. The molecule has 0 unspecified atom stereocenters. The van der Waals surface area contributed by atoms with E-state index in [1.54, 1.807) is 0 Å². The molecule has 116 valence electrons. The van der Waals surface area contributed by atoms with E-state index in [0.717, 1.165) is 17.7 Å². The molecule has 0 aromatic heterocycles. The summed E-state index contributed by atoms with van der Waals surface area (Å²) in [5.41, 5.74) is 1.63. The van der Waals surface area contributed by atoms with E-state index in [1.807, 2.05) is 36.4 Å². The maximum atomic E-state index is 10.5. The standard InChI is InChI=1S/C19H22O3/c20-19(10-12-21-13-11-19)15-22-18-9-5-4-8-17(18)14-16-6-2-1-3-7-16/h1-9,20H,10-15H2. The Balaban J connectivity index is 1.68. The lowest BCUT2D eigenvalue weighted by atomic mass is 9.95. The molecule has 1 N–H and O–H groups in total. The minimum atomic E-state index is -0.766. The van der Waals surface area contributed by atoms with Crippen LogP contribution in [0.3, 0.4) is 0 Å². The van der Waals surface area contributed by atoms with Gasteiger partial charge in [-0.05, 0) is 17.2 Å². The van der Waals surface area contributed by atoms with Crippen molar-refractivity contribution < 1.29 is 14.6 Å². The molecule has 3 heteroatoms. The SMILES string of the molecule is OC1(COc2ccccc2Cc2ccccc2)CCOCC1. The van der Waals surface area contributed by atoms with Crippen LogP contribution < -0.4 is 4.74 Å². The molecule has 0 bridgehead atoms. The first-order chi connectivity index (χ1) is 10.8. The molecule has 2 aromatic rings.